The van der Waals surface area contributed by atoms with Crippen molar-refractivity contribution in [2.75, 3.05) is 6.54 Å². The van der Waals surface area contributed by atoms with Gasteiger partial charge in [0.2, 0.25) is 0 Å². The van der Waals surface area contributed by atoms with E-state index in [2.05, 4.69) is 29.2 Å². The fourth-order valence-electron chi connectivity index (χ4n) is 3.54. The maximum Gasteiger partial charge on any atom is 0.254 e. The first-order chi connectivity index (χ1) is 12.2. The summed E-state index contributed by atoms with van der Waals surface area (Å²) in [7, 11) is 0. The molecule has 0 N–H and O–H groups in total. The third kappa shape index (κ3) is 2.93. The van der Waals surface area contributed by atoms with Gasteiger partial charge in [0, 0.05) is 24.5 Å². The van der Waals surface area contributed by atoms with Gasteiger partial charge in [-0.05, 0) is 48.2 Å². The molecule has 1 amide bonds. The Labute approximate surface area is 148 Å². The zero-order valence-corrected chi connectivity index (χ0v) is 14.2. The monoisotopic (exact) mass is 328 g/mol. The molecule has 2 aromatic carbocycles. The molecule has 0 aliphatic carbocycles. The van der Waals surface area contributed by atoms with Crippen molar-refractivity contribution < 1.29 is 4.79 Å². The van der Waals surface area contributed by atoms with E-state index < -0.39 is 0 Å². The number of hydrogen-bond donors (Lipinski definition) is 0. The highest BCUT2D eigenvalue weighted by atomic mass is 16.2. The number of hydrogen-bond acceptors (Lipinski definition) is 2. The average molecular weight is 328 g/mol. The quantitative estimate of drug-likeness (QED) is 0.707. The van der Waals surface area contributed by atoms with Gasteiger partial charge in [-0.15, -0.1) is 0 Å². The van der Waals surface area contributed by atoms with Gasteiger partial charge in [0.25, 0.3) is 5.91 Å². The summed E-state index contributed by atoms with van der Waals surface area (Å²) in [6.07, 6.45) is 4.51. The largest absolute Gasteiger partial charge is 0.327 e. The second-order valence-electron chi connectivity index (χ2n) is 6.50. The van der Waals surface area contributed by atoms with Gasteiger partial charge in [-0.25, -0.2) is 0 Å². The van der Waals surface area contributed by atoms with E-state index in [-0.39, 0.29) is 11.9 Å². The molecule has 1 aliphatic rings. The van der Waals surface area contributed by atoms with Crippen LogP contribution in [0.25, 0.3) is 0 Å². The first-order valence-corrected chi connectivity index (χ1v) is 8.59. The van der Waals surface area contributed by atoms with E-state index in [1.807, 2.05) is 54.4 Å². The SMILES string of the molecule is Cc1ccc(C(=O)N2CCc3ccccc3C2c2cccnc2)cc1. The number of amides is 1. The molecule has 0 spiro atoms. The third-order valence-electron chi connectivity index (χ3n) is 4.84. The van der Waals surface area contributed by atoms with Crippen LogP contribution in [0.15, 0.2) is 73.1 Å². The van der Waals surface area contributed by atoms with Crippen LogP contribution >= 0.6 is 0 Å². The minimum absolute atomic E-state index is 0.0726. The lowest BCUT2D eigenvalue weighted by atomic mass is 9.88. The van der Waals surface area contributed by atoms with Crippen LogP contribution in [0.4, 0.5) is 0 Å². The number of fused-ring (bicyclic) bond motifs is 1. The second kappa shape index (κ2) is 6.52. The maximum absolute atomic E-state index is 13.2. The molecule has 3 aromatic rings. The van der Waals surface area contributed by atoms with Gasteiger partial charge in [0.15, 0.2) is 0 Å². The van der Waals surface area contributed by atoms with Crippen LogP contribution in [0.3, 0.4) is 0 Å². The van der Waals surface area contributed by atoms with Gasteiger partial charge in [-0.3, -0.25) is 9.78 Å². The van der Waals surface area contributed by atoms with Gasteiger partial charge in [0.1, 0.15) is 0 Å². The number of aryl methyl sites for hydroxylation is 1. The van der Waals surface area contributed by atoms with E-state index in [0.717, 1.165) is 23.1 Å². The van der Waals surface area contributed by atoms with E-state index >= 15 is 0 Å². The van der Waals surface area contributed by atoms with Crippen LogP contribution in [0.1, 0.15) is 38.7 Å². The molecule has 124 valence electrons. The highest BCUT2D eigenvalue weighted by Gasteiger charge is 2.32. The van der Waals surface area contributed by atoms with Gasteiger partial charge < -0.3 is 4.90 Å². The first-order valence-electron chi connectivity index (χ1n) is 8.59. The van der Waals surface area contributed by atoms with Crippen LogP contribution in [0.5, 0.6) is 0 Å². The Morgan fingerprint density at radius 1 is 1.04 bits per heavy atom. The molecule has 25 heavy (non-hydrogen) atoms. The lowest BCUT2D eigenvalue weighted by Gasteiger charge is -2.37. The Kier molecular flexibility index (Phi) is 4.06. The van der Waals surface area contributed by atoms with Crippen molar-refractivity contribution in [1.82, 2.24) is 9.88 Å². The predicted molar refractivity (Wildman–Crippen MR) is 98.4 cm³/mol. The van der Waals surface area contributed by atoms with E-state index in [1.54, 1.807) is 6.20 Å². The maximum atomic E-state index is 13.2. The molecule has 2 heterocycles. The van der Waals surface area contributed by atoms with Gasteiger partial charge in [-0.1, -0.05) is 48.0 Å². The molecular weight excluding hydrogens is 308 g/mol. The molecule has 0 fully saturated rings. The van der Waals surface area contributed by atoms with E-state index in [0.29, 0.717) is 6.54 Å². The van der Waals surface area contributed by atoms with Crippen LogP contribution in [0.2, 0.25) is 0 Å². The lowest BCUT2D eigenvalue weighted by Crippen LogP contribution is -2.40. The minimum Gasteiger partial charge on any atom is -0.327 e. The Morgan fingerprint density at radius 2 is 1.84 bits per heavy atom. The summed E-state index contributed by atoms with van der Waals surface area (Å²) in [5, 5.41) is 0. The fraction of sp³-hybridized carbons (Fsp3) is 0.182. The second-order valence-corrected chi connectivity index (χ2v) is 6.50. The topological polar surface area (TPSA) is 33.2 Å². The summed E-state index contributed by atoms with van der Waals surface area (Å²) in [5.74, 6) is 0.0726. The fourth-order valence-corrected chi connectivity index (χ4v) is 3.54. The molecular formula is C22H20N2O. The summed E-state index contributed by atoms with van der Waals surface area (Å²) >= 11 is 0. The summed E-state index contributed by atoms with van der Waals surface area (Å²) in [4.78, 5) is 19.5. The van der Waals surface area contributed by atoms with Crippen LogP contribution < -0.4 is 0 Å². The summed E-state index contributed by atoms with van der Waals surface area (Å²) in [6.45, 7) is 2.74. The summed E-state index contributed by atoms with van der Waals surface area (Å²) in [5.41, 5.74) is 5.45. The van der Waals surface area contributed by atoms with Crippen molar-refractivity contribution in [3.05, 3.63) is 101 Å². The molecule has 0 radical (unpaired) electrons. The molecule has 0 bridgehead atoms. The van der Waals surface area contributed by atoms with E-state index in [1.165, 1.54) is 11.1 Å². The van der Waals surface area contributed by atoms with Crippen LogP contribution in [0, 0.1) is 6.92 Å². The number of carbonyl (C=O) groups is 1. The molecule has 1 atom stereocenters. The smallest absolute Gasteiger partial charge is 0.254 e. The minimum atomic E-state index is -0.0903. The van der Waals surface area contributed by atoms with E-state index in [4.69, 9.17) is 0 Å². The number of carbonyl (C=O) groups excluding carboxylic acids is 1. The zero-order valence-electron chi connectivity index (χ0n) is 14.2. The molecule has 1 aromatic heterocycles. The molecule has 0 saturated carbocycles. The van der Waals surface area contributed by atoms with Crippen molar-refractivity contribution in [1.29, 1.82) is 0 Å². The van der Waals surface area contributed by atoms with Crippen molar-refractivity contribution in [3.63, 3.8) is 0 Å². The van der Waals surface area contributed by atoms with Gasteiger partial charge in [-0.2, -0.15) is 0 Å². The lowest BCUT2D eigenvalue weighted by molar-refractivity contribution is 0.0694. The summed E-state index contributed by atoms with van der Waals surface area (Å²) in [6, 6.07) is 20.1. The van der Waals surface area contributed by atoms with E-state index in [9.17, 15) is 4.79 Å². The van der Waals surface area contributed by atoms with Crippen molar-refractivity contribution in [2.45, 2.75) is 19.4 Å². The van der Waals surface area contributed by atoms with Crippen LogP contribution in [-0.4, -0.2) is 22.3 Å². The molecule has 3 heteroatoms. The van der Waals surface area contributed by atoms with Crippen molar-refractivity contribution >= 4 is 5.91 Å². The Balaban J connectivity index is 1.78. The van der Waals surface area contributed by atoms with Crippen molar-refractivity contribution in [3.8, 4) is 0 Å². The van der Waals surface area contributed by atoms with Gasteiger partial charge >= 0.3 is 0 Å². The molecule has 3 nitrogen and oxygen atoms in total. The number of pyridine rings is 1. The average Bonchev–Trinajstić information content (AvgIpc) is 2.68. The number of benzene rings is 2. The number of nitrogens with zero attached hydrogens (tertiary/aromatic N) is 2. The highest BCUT2D eigenvalue weighted by molar-refractivity contribution is 5.95. The predicted octanol–water partition coefficient (Wildman–Crippen LogP) is 4.18. The molecule has 1 unspecified atom stereocenters. The van der Waals surface area contributed by atoms with Crippen LogP contribution in [-0.2, 0) is 6.42 Å². The highest BCUT2D eigenvalue weighted by Crippen LogP contribution is 2.35. The molecule has 0 saturated heterocycles. The number of aromatic nitrogens is 1. The first kappa shape index (κ1) is 15.6. The Morgan fingerprint density at radius 3 is 2.60 bits per heavy atom. The van der Waals surface area contributed by atoms with Crippen molar-refractivity contribution in [2.24, 2.45) is 0 Å². The summed E-state index contributed by atoms with van der Waals surface area (Å²) < 4.78 is 0. The molecule has 4 rings (SSSR count). The number of rotatable bonds is 2. The zero-order chi connectivity index (χ0) is 17.2. The Bertz CT molecular complexity index is 887. The molecule has 1 aliphatic heterocycles. The van der Waals surface area contributed by atoms with Gasteiger partial charge in [0.05, 0.1) is 6.04 Å². The Hall–Kier alpha value is -2.94. The standard InChI is InChI=1S/C22H20N2O/c1-16-8-10-18(11-9-16)22(25)24-14-12-17-5-2-3-7-20(17)21(24)19-6-4-13-23-15-19/h2-11,13,15,21H,12,14H2,1H3. The third-order valence-corrected chi connectivity index (χ3v) is 4.84. The normalized spacial score (nSPS) is 16.4.